The van der Waals surface area contributed by atoms with E-state index in [0.29, 0.717) is 19.5 Å². The Morgan fingerprint density at radius 3 is 2.62 bits per heavy atom. The van der Waals surface area contributed by atoms with Gasteiger partial charge in [0, 0.05) is 19.2 Å². The van der Waals surface area contributed by atoms with Gasteiger partial charge >= 0.3 is 5.97 Å². The molecule has 7 heteroatoms. The van der Waals surface area contributed by atoms with Crippen LogP contribution in [-0.4, -0.2) is 56.7 Å². The fourth-order valence-corrected chi connectivity index (χ4v) is 1.58. The van der Waals surface area contributed by atoms with Crippen molar-refractivity contribution in [1.82, 2.24) is 4.90 Å². The van der Waals surface area contributed by atoms with Gasteiger partial charge in [0.15, 0.2) is 0 Å². The van der Waals surface area contributed by atoms with Gasteiger partial charge in [-0.2, -0.15) is 0 Å². The van der Waals surface area contributed by atoms with Gasteiger partial charge < -0.3 is 18.7 Å². The van der Waals surface area contributed by atoms with Crippen LogP contribution >= 0.6 is 0 Å². The molecule has 0 radical (unpaired) electrons. The van der Waals surface area contributed by atoms with Gasteiger partial charge in [-0.15, -0.1) is 0 Å². The molecule has 0 bridgehead atoms. The van der Waals surface area contributed by atoms with Gasteiger partial charge in [0.1, 0.15) is 0 Å². The second-order valence-electron chi connectivity index (χ2n) is 3.42. The number of carbonyl (C=O) groups is 1. The molecule has 6 nitrogen and oxygen atoms in total. The Morgan fingerprint density at radius 2 is 2.12 bits per heavy atom. The Bertz CT molecular complexity index is 275. The van der Waals surface area contributed by atoms with Crippen LogP contribution in [0.2, 0.25) is 0 Å². The summed E-state index contributed by atoms with van der Waals surface area (Å²) in [7, 11) is -2.16. The number of hydrogen-bond donors (Lipinski definition) is 3. The van der Waals surface area contributed by atoms with Gasteiger partial charge in [-0.25, -0.2) is 9.00 Å². The van der Waals surface area contributed by atoms with Crippen molar-refractivity contribution in [2.45, 2.75) is 6.42 Å². The van der Waals surface area contributed by atoms with Crippen molar-refractivity contribution in [3.63, 3.8) is 0 Å². The zero-order valence-electron chi connectivity index (χ0n) is 9.33. The third-order valence-electron chi connectivity index (χ3n) is 1.87. The van der Waals surface area contributed by atoms with Crippen molar-refractivity contribution >= 4 is 16.5 Å². The van der Waals surface area contributed by atoms with E-state index in [1.54, 1.807) is 11.9 Å². The smallest absolute Gasteiger partial charge is 0.330 e. The van der Waals surface area contributed by atoms with Gasteiger partial charge in [-0.3, -0.25) is 0 Å². The fraction of sp³-hybridized carbons (Fsp3) is 0.667. The standard InChI is InChI=1S/C9H19NO5S/c1-3-9(11)15-7-4-5-10(2)6-8-16(12,13)14/h3,16H,1,4-8H2,2H3,(H2,12,13,14). The lowest BCUT2D eigenvalue weighted by atomic mass is 10.4. The molecule has 0 amide bonds. The number of hydrogen-bond acceptors (Lipinski definition) is 4. The summed E-state index contributed by atoms with van der Waals surface area (Å²) in [6, 6.07) is 0. The van der Waals surface area contributed by atoms with E-state index in [1.165, 1.54) is 0 Å². The maximum absolute atomic E-state index is 10.7. The Labute approximate surface area is 96.4 Å². The molecule has 96 valence electrons. The van der Waals surface area contributed by atoms with Crippen molar-refractivity contribution in [2.75, 3.05) is 32.5 Å². The molecule has 0 saturated carbocycles. The highest BCUT2D eigenvalue weighted by Crippen LogP contribution is 1.95. The molecule has 0 rings (SSSR count). The zero-order valence-corrected chi connectivity index (χ0v) is 10.2. The number of ether oxygens (including phenoxy) is 1. The van der Waals surface area contributed by atoms with Crippen LogP contribution in [0.15, 0.2) is 12.7 Å². The largest absolute Gasteiger partial charge is 0.462 e. The first kappa shape index (κ1) is 15.2. The lowest BCUT2D eigenvalue weighted by Gasteiger charge is -2.18. The SMILES string of the molecule is C=CC(=O)OCCCN(C)CC[SH](=O)(O)O. The van der Waals surface area contributed by atoms with Crippen LogP contribution in [0.25, 0.3) is 0 Å². The number of esters is 1. The summed E-state index contributed by atoms with van der Waals surface area (Å²) >= 11 is 0. The molecule has 0 unspecified atom stereocenters. The summed E-state index contributed by atoms with van der Waals surface area (Å²) in [6.07, 6.45) is 1.72. The van der Waals surface area contributed by atoms with E-state index in [1.807, 2.05) is 0 Å². The Morgan fingerprint density at radius 1 is 1.50 bits per heavy atom. The first-order valence-corrected chi connectivity index (χ1v) is 6.67. The molecule has 0 aliphatic heterocycles. The third-order valence-corrected chi connectivity index (χ3v) is 2.65. The van der Waals surface area contributed by atoms with E-state index >= 15 is 0 Å². The van der Waals surface area contributed by atoms with Crippen molar-refractivity contribution < 1.29 is 22.8 Å². The summed E-state index contributed by atoms with van der Waals surface area (Å²) < 4.78 is 32.6. The summed E-state index contributed by atoms with van der Waals surface area (Å²) in [5.41, 5.74) is 0. The minimum absolute atomic E-state index is 0.157. The number of nitrogens with zero attached hydrogens (tertiary/aromatic N) is 1. The quantitative estimate of drug-likeness (QED) is 0.244. The molecule has 0 aromatic rings. The van der Waals surface area contributed by atoms with Gasteiger partial charge in [0.2, 0.25) is 0 Å². The predicted molar refractivity (Wildman–Crippen MR) is 62.9 cm³/mol. The average molecular weight is 253 g/mol. The van der Waals surface area contributed by atoms with Crippen molar-refractivity contribution in [2.24, 2.45) is 0 Å². The van der Waals surface area contributed by atoms with E-state index < -0.39 is 16.5 Å². The molecule has 0 aliphatic carbocycles. The minimum atomic E-state index is -3.92. The van der Waals surface area contributed by atoms with E-state index in [-0.39, 0.29) is 12.4 Å². The van der Waals surface area contributed by atoms with Crippen LogP contribution in [0.3, 0.4) is 0 Å². The summed E-state index contributed by atoms with van der Waals surface area (Å²) in [6.45, 7) is 4.48. The van der Waals surface area contributed by atoms with Crippen LogP contribution in [0.5, 0.6) is 0 Å². The molecule has 0 heterocycles. The first-order valence-electron chi connectivity index (χ1n) is 4.87. The Kier molecular flexibility index (Phi) is 7.15. The topological polar surface area (TPSA) is 87.1 Å². The van der Waals surface area contributed by atoms with Gasteiger partial charge in [0.05, 0.1) is 22.9 Å². The van der Waals surface area contributed by atoms with Crippen LogP contribution in [-0.2, 0) is 20.0 Å². The first-order chi connectivity index (χ1) is 7.35. The monoisotopic (exact) mass is 253 g/mol. The third kappa shape index (κ3) is 9.78. The summed E-state index contributed by atoms with van der Waals surface area (Å²) in [4.78, 5) is 12.4. The number of rotatable bonds is 8. The second-order valence-corrected chi connectivity index (χ2v) is 5.19. The lowest BCUT2D eigenvalue weighted by Crippen LogP contribution is -2.29. The van der Waals surface area contributed by atoms with Crippen molar-refractivity contribution in [1.29, 1.82) is 0 Å². The van der Waals surface area contributed by atoms with Gasteiger partial charge in [-0.1, -0.05) is 6.58 Å². The van der Waals surface area contributed by atoms with Crippen LogP contribution < -0.4 is 0 Å². The van der Waals surface area contributed by atoms with Crippen molar-refractivity contribution in [3.8, 4) is 0 Å². The van der Waals surface area contributed by atoms with E-state index in [0.717, 1.165) is 6.08 Å². The average Bonchev–Trinajstić information content (AvgIpc) is 2.20. The zero-order chi connectivity index (χ0) is 12.6. The molecule has 0 aliphatic rings. The molecular weight excluding hydrogens is 234 g/mol. The van der Waals surface area contributed by atoms with E-state index in [2.05, 4.69) is 6.58 Å². The van der Waals surface area contributed by atoms with E-state index in [9.17, 15) is 9.00 Å². The Hall–Kier alpha value is -0.760. The number of thiol groups is 1. The summed E-state index contributed by atoms with van der Waals surface area (Å²) in [5.74, 6) is -0.617. The highest BCUT2D eigenvalue weighted by molar-refractivity contribution is 7.92. The van der Waals surface area contributed by atoms with Crippen molar-refractivity contribution in [3.05, 3.63) is 12.7 Å². The molecule has 0 aromatic heterocycles. The molecule has 0 aromatic carbocycles. The normalized spacial score (nSPS) is 12.5. The lowest BCUT2D eigenvalue weighted by molar-refractivity contribution is -0.137. The highest BCUT2D eigenvalue weighted by atomic mass is 32.3. The van der Waals surface area contributed by atoms with Crippen LogP contribution in [0, 0.1) is 0 Å². The maximum atomic E-state index is 10.7. The molecule has 0 saturated heterocycles. The Balaban J connectivity index is 3.51. The summed E-state index contributed by atoms with van der Waals surface area (Å²) in [5, 5.41) is 0. The second kappa shape index (κ2) is 7.50. The van der Waals surface area contributed by atoms with Gasteiger partial charge in [-0.05, 0) is 13.5 Å². The molecule has 0 spiro atoms. The predicted octanol–water partition coefficient (Wildman–Crippen LogP) is 0.000200. The molecule has 2 N–H and O–H groups in total. The molecular formula is C9H19NO5S. The highest BCUT2D eigenvalue weighted by Gasteiger charge is 2.06. The molecule has 16 heavy (non-hydrogen) atoms. The molecule has 0 atom stereocenters. The number of carbonyl (C=O) groups excluding carboxylic acids is 1. The van der Waals surface area contributed by atoms with E-state index in [4.69, 9.17) is 13.8 Å². The van der Waals surface area contributed by atoms with Crippen LogP contribution in [0.1, 0.15) is 6.42 Å². The minimum Gasteiger partial charge on any atom is -0.462 e. The maximum Gasteiger partial charge on any atom is 0.330 e. The van der Waals surface area contributed by atoms with Gasteiger partial charge in [0.25, 0.3) is 0 Å². The molecule has 0 fully saturated rings. The fourth-order valence-electron chi connectivity index (χ4n) is 0.979. The van der Waals surface area contributed by atoms with Crippen LogP contribution in [0.4, 0.5) is 0 Å².